The van der Waals surface area contributed by atoms with E-state index in [1.165, 1.54) is 0 Å². The Labute approximate surface area is 203 Å². The van der Waals surface area contributed by atoms with Gasteiger partial charge in [-0.25, -0.2) is 9.59 Å². The first-order chi connectivity index (χ1) is 17.0. The third kappa shape index (κ3) is 5.18. The molecule has 4 nitrogen and oxygen atoms in total. The topological polar surface area (TPSA) is 52.6 Å². The van der Waals surface area contributed by atoms with Gasteiger partial charge in [0.25, 0.3) is 0 Å². The highest BCUT2D eigenvalue weighted by Crippen LogP contribution is 2.62. The predicted octanol–water partition coefficient (Wildman–Crippen LogP) is 6.84. The quantitative estimate of drug-likeness (QED) is 0.140. The van der Waals surface area contributed by atoms with E-state index in [-0.39, 0.29) is 0 Å². The minimum absolute atomic E-state index is 0.390. The number of alkyl halides is 21. The average molecular weight is 648 g/mol. The van der Waals surface area contributed by atoms with Crippen molar-refractivity contribution < 1.29 is 111 Å². The van der Waals surface area contributed by atoms with Gasteiger partial charge in [0.1, 0.15) is 0 Å². The van der Waals surface area contributed by atoms with E-state index < -0.39 is 77.4 Å². The van der Waals surface area contributed by atoms with Crippen LogP contribution in [-0.4, -0.2) is 71.8 Å². The van der Waals surface area contributed by atoms with E-state index in [0.29, 0.717) is 6.92 Å². The van der Waals surface area contributed by atoms with Crippen LogP contribution in [0.3, 0.4) is 0 Å². The molecule has 0 heterocycles. The van der Waals surface area contributed by atoms with Crippen LogP contribution < -0.4 is 0 Å². The first kappa shape index (κ1) is 37.2. The third-order valence-electron chi connectivity index (χ3n) is 4.11. The van der Waals surface area contributed by atoms with Crippen molar-refractivity contribution in [1.29, 1.82) is 0 Å². The van der Waals surface area contributed by atoms with Gasteiger partial charge >= 0.3 is 71.8 Å². The standard InChI is InChI=1S/C15H5F21O4/c1-3(2)4(37)39-14(33,34)12(28,29)15(35,36)40-5(38)6(16,17)7(18,19)8(20,21)9(22,23)10(24,25)11(26,27)13(30,31)32/h1H2,2H3. The van der Waals surface area contributed by atoms with Crippen LogP contribution in [0.1, 0.15) is 6.92 Å². The molecule has 0 amide bonds. The first-order valence-corrected chi connectivity index (χ1v) is 8.55. The Bertz CT molecular complexity index is 1010. The van der Waals surface area contributed by atoms with Crippen LogP contribution in [-0.2, 0) is 19.1 Å². The molecule has 0 radical (unpaired) electrons. The lowest BCUT2D eigenvalue weighted by Gasteiger charge is -2.41. The van der Waals surface area contributed by atoms with Crippen molar-refractivity contribution in [2.75, 3.05) is 0 Å². The summed E-state index contributed by atoms with van der Waals surface area (Å²) >= 11 is 0. The number of halogens is 21. The lowest BCUT2D eigenvalue weighted by atomic mass is 9.91. The minimum Gasteiger partial charge on any atom is -0.392 e. The Balaban J connectivity index is 6.67. The summed E-state index contributed by atoms with van der Waals surface area (Å²) in [5.41, 5.74) is -1.28. The molecule has 236 valence electrons. The normalized spacial score (nSPS) is 15.6. The summed E-state index contributed by atoms with van der Waals surface area (Å²) in [7, 11) is 0. The van der Waals surface area contributed by atoms with Crippen LogP contribution in [0.4, 0.5) is 92.2 Å². The smallest absolute Gasteiger partial charge is 0.392 e. The highest BCUT2D eigenvalue weighted by Gasteiger charge is 2.94. The Hall–Kier alpha value is -2.79. The second kappa shape index (κ2) is 9.65. The summed E-state index contributed by atoms with van der Waals surface area (Å²) in [6.07, 6.45) is -22.7. The molecule has 25 heteroatoms. The Morgan fingerprint density at radius 3 is 1.10 bits per heavy atom. The van der Waals surface area contributed by atoms with Crippen LogP contribution in [0.15, 0.2) is 12.2 Å². The SMILES string of the molecule is C=C(C)C(=O)OC(F)(F)C(F)(F)C(F)(F)OC(=O)C(F)(F)C(F)(F)C(F)(F)C(F)(F)C(F)(F)C(F)(F)C(F)(F)F. The molecule has 0 fully saturated rings. The number of ether oxygens (including phenoxy) is 2. The molecule has 0 N–H and O–H groups in total. The second-order valence-electron chi connectivity index (χ2n) is 7.11. The van der Waals surface area contributed by atoms with Gasteiger partial charge in [0.2, 0.25) is 0 Å². The lowest BCUT2D eigenvalue weighted by molar-refractivity contribution is -0.454. The van der Waals surface area contributed by atoms with Crippen LogP contribution in [0.5, 0.6) is 0 Å². The number of hydrogen-bond donors (Lipinski definition) is 0. The molecule has 0 aromatic carbocycles. The molecule has 0 aromatic rings. The number of esters is 2. The maximum Gasteiger partial charge on any atom is 0.477 e. The lowest BCUT2D eigenvalue weighted by Crippen LogP contribution is -2.73. The molecule has 0 aromatic heterocycles. The molecule has 0 saturated heterocycles. The van der Waals surface area contributed by atoms with Gasteiger partial charge in [-0.2, -0.15) is 92.2 Å². The summed E-state index contributed by atoms with van der Waals surface area (Å²) < 4.78 is 279. The van der Waals surface area contributed by atoms with E-state index in [9.17, 15) is 102 Å². The second-order valence-corrected chi connectivity index (χ2v) is 7.11. The molecular weight excluding hydrogens is 643 g/mol. The van der Waals surface area contributed by atoms with Gasteiger partial charge in [-0.05, 0) is 6.92 Å². The summed E-state index contributed by atoms with van der Waals surface area (Å²) in [4.78, 5) is 21.7. The number of hydrogen-bond acceptors (Lipinski definition) is 4. The number of carbonyl (C=O) groups is 2. The maximum absolute atomic E-state index is 13.5. The van der Waals surface area contributed by atoms with E-state index in [4.69, 9.17) is 0 Å². The first-order valence-electron chi connectivity index (χ1n) is 8.55. The van der Waals surface area contributed by atoms with Crippen LogP contribution in [0.25, 0.3) is 0 Å². The van der Waals surface area contributed by atoms with Gasteiger partial charge in [0.05, 0.1) is 0 Å². The maximum atomic E-state index is 13.5. The van der Waals surface area contributed by atoms with E-state index in [1.807, 2.05) is 0 Å². The van der Waals surface area contributed by atoms with Crippen molar-refractivity contribution >= 4 is 11.9 Å². The Morgan fingerprint density at radius 2 is 0.775 bits per heavy atom. The Morgan fingerprint density at radius 1 is 0.475 bits per heavy atom. The number of carbonyl (C=O) groups excluding carboxylic acids is 2. The van der Waals surface area contributed by atoms with Gasteiger partial charge in [0.15, 0.2) is 0 Å². The van der Waals surface area contributed by atoms with E-state index in [2.05, 4.69) is 11.3 Å². The summed E-state index contributed by atoms with van der Waals surface area (Å²) in [6, 6.07) is 0. The van der Waals surface area contributed by atoms with E-state index in [1.54, 1.807) is 4.74 Å². The van der Waals surface area contributed by atoms with Crippen molar-refractivity contribution in [3.63, 3.8) is 0 Å². The molecule has 0 spiro atoms. The zero-order chi connectivity index (χ0) is 33.1. The Kier molecular flexibility index (Phi) is 8.98. The molecule has 0 rings (SSSR count). The van der Waals surface area contributed by atoms with Crippen molar-refractivity contribution in [3.8, 4) is 0 Å². The van der Waals surface area contributed by atoms with Crippen molar-refractivity contribution in [2.45, 2.75) is 66.8 Å². The van der Waals surface area contributed by atoms with Crippen LogP contribution >= 0.6 is 0 Å². The summed E-state index contributed by atoms with van der Waals surface area (Å²) in [6.45, 7) is 2.87. The van der Waals surface area contributed by atoms with E-state index >= 15 is 0 Å². The molecule has 0 saturated carbocycles. The third-order valence-corrected chi connectivity index (χ3v) is 4.11. The van der Waals surface area contributed by atoms with Crippen LogP contribution in [0.2, 0.25) is 0 Å². The fourth-order valence-corrected chi connectivity index (χ4v) is 1.78. The molecular formula is C15H5F21O4. The highest BCUT2D eigenvalue weighted by atomic mass is 19.4. The molecule has 0 bridgehead atoms. The largest absolute Gasteiger partial charge is 0.477 e. The molecule has 0 aliphatic carbocycles. The minimum atomic E-state index is -9.01. The van der Waals surface area contributed by atoms with Crippen LogP contribution in [0, 0.1) is 0 Å². The monoisotopic (exact) mass is 648 g/mol. The zero-order valence-electron chi connectivity index (χ0n) is 17.8. The van der Waals surface area contributed by atoms with Crippen molar-refractivity contribution in [2.24, 2.45) is 0 Å². The van der Waals surface area contributed by atoms with Crippen molar-refractivity contribution in [1.82, 2.24) is 0 Å². The van der Waals surface area contributed by atoms with Crippen molar-refractivity contribution in [3.05, 3.63) is 12.2 Å². The molecule has 0 atom stereocenters. The molecule has 40 heavy (non-hydrogen) atoms. The number of rotatable bonds is 11. The highest BCUT2D eigenvalue weighted by molar-refractivity contribution is 5.87. The van der Waals surface area contributed by atoms with Gasteiger partial charge in [0, 0.05) is 5.57 Å². The molecule has 0 aliphatic rings. The summed E-state index contributed by atoms with van der Waals surface area (Å²) in [5, 5.41) is 0. The van der Waals surface area contributed by atoms with Gasteiger partial charge in [-0.3, -0.25) is 0 Å². The fourth-order valence-electron chi connectivity index (χ4n) is 1.78. The molecule has 0 unspecified atom stereocenters. The average Bonchev–Trinajstić information content (AvgIpc) is 2.70. The van der Waals surface area contributed by atoms with Gasteiger partial charge in [-0.15, -0.1) is 0 Å². The van der Waals surface area contributed by atoms with Gasteiger partial charge < -0.3 is 9.47 Å². The van der Waals surface area contributed by atoms with E-state index in [0.717, 1.165) is 0 Å². The molecule has 0 aliphatic heterocycles. The fraction of sp³-hybridized carbons (Fsp3) is 0.733. The predicted molar refractivity (Wildman–Crippen MR) is 77.6 cm³/mol. The van der Waals surface area contributed by atoms with Gasteiger partial charge in [-0.1, -0.05) is 6.58 Å². The zero-order valence-corrected chi connectivity index (χ0v) is 17.8. The summed E-state index contributed by atoms with van der Waals surface area (Å²) in [5.74, 6) is -68.1.